The average molecular weight is 505 g/mol. The van der Waals surface area contributed by atoms with E-state index in [0.29, 0.717) is 17.3 Å². The third kappa shape index (κ3) is 4.86. The molecule has 4 nitrogen and oxygen atoms in total. The fraction of sp³-hybridized carbons (Fsp3) is 0.800. The van der Waals surface area contributed by atoms with E-state index in [4.69, 9.17) is 9.47 Å². The van der Waals surface area contributed by atoms with Gasteiger partial charge in [0, 0.05) is 16.1 Å². The molecule has 0 bridgehead atoms. The van der Waals surface area contributed by atoms with Crippen LogP contribution in [0.2, 0.25) is 0 Å². The van der Waals surface area contributed by atoms with Crippen LogP contribution < -0.4 is 0 Å². The second kappa shape index (κ2) is 8.72. The lowest BCUT2D eigenvalue weighted by molar-refractivity contribution is -0.128. The summed E-state index contributed by atoms with van der Waals surface area (Å²) in [7, 11) is 0. The number of carbonyl (C=O) groups excluding carboxylic acids is 1. The predicted octanol–water partition coefficient (Wildman–Crippen LogP) is 3.47. The van der Waals surface area contributed by atoms with Crippen LogP contribution in [-0.4, -0.2) is 51.6 Å². The molecule has 1 N–H and O–H groups in total. The Labute approximate surface area is 156 Å². The molecule has 2 heterocycles. The lowest BCUT2D eigenvalue weighted by atomic mass is 9.95. The van der Waals surface area contributed by atoms with Crippen molar-refractivity contribution in [2.45, 2.75) is 72.8 Å². The number of carbonyl (C=O) groups is 1. The van der Waals surface area contributed by atoms with Gasteiger partial charge in [0.2, 0.25) is 0 Å². The normalized spacial score (nSPS) is 43.3. The molecule has 0 radical (unpaired) electrons. The van der Waals surface area contributed by atoms with Gasteiger partial charge in [-0.3, -0.25) is 4.79 Å². The molecule has 0 aromatic heterocycles. The number of hydrogen-bond acceptors (Lipinski definition) is 4. The highest BCUT2D eigenvalue weighted by Crippen LogP contribution is 2.35. The molecule has 7 atom stereocenters. The Morgan fingerprint density at radius 3 is 2.50 bits per heavy atom. The van der Waals surface area contributed by atoms with Gasteiger partial charge in [-0.2, -0.15) is 0 Å². The van der Waals surface area contributed by atoms with Crippen LogP contribution in [0, 0.1) is 0 Å². The van der Waals surface area contributed by atoms with Gasteiger partial charge in [-0.15, -0.1) is 0 Å². The fourth-order valence-electron chi connectivity index (χ4n) is 2.99. The van der Waals surface area contributed by atoms with Crippen molar-refractivity contribution < 1.29 is 19.4 Å². The first-order valence-corrected chi connectivity index (χ1v) is 10.2. The summed E-state index contributed by atoms with van der Waals surface area (Å²) in [6.45, 7) is 2.09. The molecule has 2 fully saturated rings. The summed E-state index contributed by atoms with van der Waals surface area (Å²) in [5, 5.41) is 10.3. The van der Waals surface area contributed by atoms with Crippen LogP contribution in [0.1, 0.15) is 32.6 Å². The van der Waals surface area contributed by atoms with Gasteiger partial charge in [-0.05, 0) is 41.3 Å². The lowest BCUT2D eigenvalue weighted by Crippen LogP contribution is -2.46. The topological polar surface area (TPSA) is 55.8 Å². The molecule has 2 saturated heterocycles. The molecule has 0 spiro atoms. The van der Waals surface area contributed by atoms with Crippen LogP contribution in [-0.2, 0) is 14.3 Å². The highest BCUT2D eigenvalue weighted by Gasteiger charge is 2.40. The summed E-state index contributed by atoms with van der Waals surface area (Å²) in [6, 6.07) is 0. The first-order chi connectivity index (χ1) is 10.4. The van der Waals surface area contributed by atoms with E-state index >= 15 is 0 Å². The van der Waals surface area contributed by atoms with Crippen LogP contribution in [0.25, 0.3) is 0 Å². The number of alkyl halides is 2. The third-order valence-electron chi connectivity index (χ3n) is 4.18. The second-order valence-corrected chi connectivity index (χ2v) is 9.08. The number of halogens is 3. The van der Waals surface area contributed by atoms with Crippen molar-refractivity contribution in [1.29, 1.82) is 0 Å². The number of rotatable bonds is 5. The maximum atomic E-state index is 10.7. The van der Waals surface area contributed by atoms with E-state index in [0.717, 1.165) is 19.1 Å². The SMILES string of the molecule is CCC1O[C@H](C[C@H]2O[C@@H](/C=C(/Br)C=O)C[C@H]2Br)[C@H](O)C[C@H]1Br. The van der Waals surface area contributed by atoms with Gasteiger partial charge in [0.05, 0.1) is 35.0 Å². The van der Waals surface area contributed by atoms with Crippen molar-refractivity contribution in [3.8, 4) is 0 Å². The third-order valence-corrected chi connectivity index (χ3v) is 6.56. The largest absolute Gasteiger partial charge is 0.390 e. The first-order valence-electron chi connectivity index (χ1n) is 7.54. The number of aliphatic hydroxyl groups excluding tert-OH is 1. The fourth-order valence-corrected chi connectivity index (χ4v) is 4.88. The predicted molar refractivity (Wildman–Crippen MR) is 96.0 cm³/mol. The molecule has 22 heavy (non-hydrogen) atoms. The molecule has 126 valence electrons. The molecule has 0 aliphatic carbocycles. The van der Waals surface area contributed by atoms with Gasteiger partial charge in [0.25, 0.3) is 0 Å². The molecular formula is C15H21Br3O4. The van der Waals surface area contributed by atoms with Gasteiger partial charge in [-0.1, -0.05) is 38.8 Å². The summed E-state index contributed by atoms with van der Waals surface area (Å²) >= 11 is 10.4. The number of aliphatic hydroxyl groups is 1. The Morgan fingerprint density at radius 1 is 1.18 bits per heavy atom. The van der Waals surface area contributed by atoms with Crippen molar-refractivity contribution in [3.05, 3.63) is 10.6 Å². The maximum Gasteiger partial charge on any atom is 0.156 e. The molecule has 2 aliphatic heterocycles. The van der Waals surface area contributed by atoms with E-state index in [9.17, 15) is 9.90 Å². The summed E-state index contributed by atoms with van der Waals surface area (Å²) in [5.74, 6) is 0. The minimum Gasteiger partial charge on any atom is -0.390 e. The Balaban J connectivity index is 1.94. The van der Waals surface area contributed by atoms with Gasteiger partial charge in [-0.25, -0.2) is 0 Å². The van der Waals surface area contributed by atoms with Gasteiger partial charge in [0.15, 0.2) is 6.29 Å². The molecule has 7 heteroatoms. The molecule has 2 aliphatic rings. The van der Waals surface area contributed by atoms with E-state index in [1.54, 1.807) is 6.08 Å². The smallest absolute Gasteiger partial charge is 0.156 e. The van der Waals surface area contributed by atoms with Crippen LogP contribution in [0.3, 0.4) is 0 Å². The first kappa shape index (κ1) is 19.1. The van der Waals surface area contributed by atoms with E-state index in [2.05, 4.69) is 54.7 Å². The van der Waals surface area contributed by atoms with Gasteiger partial charge >= 0.3 is 0 Å². The number of ether oxygens (including phenoxy) is 2. The van der Waals surface area contributed by atoms with Crippen LogP contribution in [0.4, 0.5) is 0 Å². The Hall–Kier alpha value is 0.730. The standard InChI is InChI=1S/C15H21Br3O4/c1-2-13-11(18)5-12(20)15(22-13)6-14-10(17)4-9(21-14)3-8(16)7-19/h3,7,9-15,20H,2,4-6H2,1H3/b8-3+/t9-,10+,11+,12+,13?,14+,15+/m0/s1. The van der Waals surface area contributed by atoms with E-state index in [-0.39, 0.29) is 34.1 Å². The van der Waals surface area contributed by atoms with E-state index in [1.807, 2.05) is 0 Å². The molecule has 2 rings (SSSR count). The molecular weight excluding hydrogens is 484 g/mol. The quantitative estimate of drug-likeness (QED) is 0.354. The molecule has 1 unspecified atom stereocenters. The zero-order valence-electron chi connectivity index (χ0n) is 12.3. The van der Waals surface area contributed by atoms with Crippen LogP contribution in [0.5, 0.6) is 0 Å². The molecule has 0 aromatic carbocycles. The molecule has 0 saturated carbocycles. The Bertz CT molecular complexity index is 418. The Morgan fingerprint density at radius 2 is 1.86 bits per heavy atom. The molecule has 0 aromatic rings. The average Bonchev–Trinajstić information content (AvgIpc) is 2.81. The number of hydrogen-bond donors (Lipinski definition) is 1. The van der Waals surface area contributed by atoms with Crippen molar-refractivity contribution in [2.75, 3.05) is 0 Å². The highest BCUT2D eigenvalue weighted by molar-refractivity contribution is 9.12. The highest BCUT2D eigenvalue weighted by atomic mass is 79.9. The monoisotopic (exact) mass is 502 g/mol. The minimum absolute atomic E-state index is 0.0303. The number of allylic oxidation sites excluding steroid dienone is 1. The van der Waals surface area contributed by atoms with Crippen molar-refractivity contribution in [3.63, 3.8) is 0 Å². The summed E-state index contributed by atoms with van der Waals surface area (Å²) in [5.41, 5.74) is 0. The van der Waals surface area contributed by atoms with Gasteiger partial charge < -0.3 is 14.6 Å². The summed E-state index contributed by atoms with van der Waals surface area (Å²) in [4.78, 5) is 11.1. The zero-order chi connectivity index (χ0) is 16.3. The maximum absolute atomic E-state index is 10.7. The summed E-state index contributed by atoms with van der Waals surface area (Å²) in [6.07, 6.45) is 4.92. The Kier molecular flexibility index (Phi) is 7.55. The van der Waals surface area contributed by atoms with Crippen molar-refractivity contribution in [2.24, 2.45) is 0 Å². The van der Waals surface area contributed by atoms with E-state index in [1.165, 1.54) is 0 Å². The lowest BCUT2D eigenvalue weighted by Gasteiger charge is -2.38. The minimum atomic E-state index is -0.480. The second-order valence-electron chi connectivity index (χ2n) is 5.81. The van der Waals surface area contributed by atoms with Crippen molar-refractivity contribution >= 4 is 54.1 Å². The zero-order valence-corrected chi connectivity index (χ0v) is 17.1. The molecule has 0 amide bonds. The van der Waals surface area contributed by atoms with Crippen LogP contribution >= 0.6 is 47.8 Å². The van der Waals surface area contributed by atoms with E-state index < -0.39 is 6.10 Å². The summed E-state index contributed by atoms with van der Waals surface area (Å²) < 4.78 is 12.5. The van der Waals surface area contributed by atoms with Gasteiger partial charge in [0.1, 0.15) is 0 Å². The van der Waals surface area contributed by atoms with Crippen molar-refractivity contribution in [1.82, 2.24) is 0 Å². The number of aldehydes is 1. The van der Waals surface area contributed by atoms with Crippen LogP contribution in [0.15, 0.2) is 10.6 Å².